The Morgan fingerprint density at radius 3 is 2.65 bits per heavy atom. The van der Waals surface area contributed by atoms with Crippen molar-refractivity contribution in [3.63, 3.8) is 0 Å². The zero-order valence-electron chi connectivity index (χ0n) is 16.8. The Balaban J connectivity index is 1.62. The summed E-state index contributed by atoms with van der Waals surface area (Å²) >= 11 is 0. The molecule has 2 saturated carbocycles. The zero-order valence-corrected chi connectivity index (χ0v) is 16.8. The molecular weight excluding hydrogens is 330 g/mol. The Morgan fingerprint density at radius 2 is 2.12 bits per heavy atom. The van der Waals surface area contributed by atoms with Crippen molar-refractivity contribution < 1.29 is 9.26 Å². The molecule has 1 heterocycles. The molecule has 7 nitrogen and oxygen atoms in total. The van der Waals surface area contributed by atoms with Crippen LogP contribution in [0.15, 0.2) is 9.52 Å². The topological polar surface area (TPSA) is 84.6 Å². The third-order valence-corrected chi connectivity index (χ3v) is 5.58. The van der Waals surface area contributed by atoms with E-state index in [4.69, 9.17) is 9.26 Å². The predicted octanol–water partition coefficient (Wildman–Crippen LogP) is 2.77. The van der Waals surface area contributed by atoms with Gasteiger partial charge in [0, 0.05) is 30.0 Å². The van der Waals surface area contributed by atoms with Gasteiger partial charge in [-0.05, 0) is 33.1 Å². The summed E-state index contributed by atoms with van der Waals surface area (Å²) in [4.78, 5) is 9.12. The molecule has 0 radical (unpaired) electrons. The van der Waals surface area contributed by atoms with E-state index in [1.54, 1.807) is 0 Å². The van der Waals surface area contributed by atoms with E-state index >= 15 is 0 Å². The van der Waals surface area contributed by atoms with Gasteiger partial charge in [0.05, 0.1) is 6.10 Å². The maximum atomic E-state index is 5.94. The molecule has 0 amide bonds. The molecule has 1 spiro atoms. The van der Waals surface area contributed by atoms with Crippen molar-refractivity contribution in [3.05, 3.63) is 11.7 Å². The van der Waals surface area contributed by atoms with E-state index < -0.39 is 0 Å². The van der Waals surface area contributed by atoms with Gasteiger partial charge in [-0.3, -0.25) is 0 Å². The van der Waals surface area contributed by atoms with Crippen LogP contribution in [0, 0.1) is 5.41 Å². The largest absolute Gasteiger partial charge is 0.378 e. The van der Waals surface area contributed by atoms with Crippen molar-refractivity contribution in [3.8, 4) is 0 Å². The third-order valence-electron chi connectivity index (χ3n) is 5.58. The monoisotopic (exact) mass is 363 g/mol. The second-order valence-electron chi connectivity index (χ2n) is 8.42. The maximum absolute atomic E-state index is 5.94. The van der Waals surface area contributed by atoms with Gasteiger partial charge < -0.3 is 19.9 Å². The summed E-state index contributed by atoms with van der Waals surface area (Å²) < 4.78 is 11.3. The summed E-state index contributed by atoms with van der Waals surface area (Å²) in [5, 5.41) is 11.0. The molecule has 7 heteroatoms. The Bertz CT molecular complexity index is 630. The van der Waals surface area contributed by atoms with Crippen LogP contribution < -0.4 is 10.6 Å². The lowest BCUT2D eigenvalue weighted by Gasteiger charge is -2.61. The van der Waals surface area contributed by atoms with Crippen molar-refractivity contribution in [2.24, 2.45) is 10.4 Å². The number of nitrogens with zero attached hydrogens (tertiary/aromatic N) is 3. The minimum atomic E-state index is -0.144. The fourth-order valence-electron chi connectivity index (χ4n) is 3.90. The summed E-state index contributed by atoms with van der Waals surface area (Å²) in [5.41, 5.74) is 0.159. The molecule has 2 N–H and O–H groups in total. The first kappa shape index (κ1) is 19.1. The van der Waals surface area contributed by atoms with Gasteiger partial charge in [-0.2, -0.15) is 4.98 Å². The number of nitrogens with one attached hydrogen (secondary N) is 2. The first-order valence-corrected chi connectivity index (χ1v) is 9.88. The van der Waals surface area contributed by atoms with Crippen LogP contribution in [0.4, 0.5) is 0 Å². The van der Waals surface area contributed by atoms with Gasteiger partial charge in [-0.25, -0.2) is 4.99 Å². The van der Waals surface area contributed by atoms with Crippen LogP contribution in [0.5, 0.6) is 0 Å². The number of guanidine groups is 1. The highest BCUT2D eigenvalue weighted by Crippen LogP contribution is 2.57. The molecule has 3 rings (SSSR count). The second kappa shape index (κ2) is 7.55. The fourth-order valence-corrected chi connectivity index (χ4v) is 3.90. The lowest BCUT2D eigenvalue weighted by Crippen LogP contribution is -2.68. The fraction of sp³-hybridized carbons (Fsp3) is 0.842. The van der Waals surface area contributed by atoms with Gasteiger partial charge in [-0.1, -0.05) is 32.3 Å². The van der Waals surface area contributed by atoms with Crippen LogP contribution in [0.3, 0.4) is 0 Å². The molecule has 0 aromatic carbocycles. The third kappa shape index (κ3) is 3.72. The van der Waals surface area contributed by atoms with Crippen LogP contribution in [0.25, 0.3) is 0 Å². The minimum absolute atomic E-state index is 0.144. The Hall–Kier alpha value is -1.63. The summed E-state index contributed by atoms with van der Waals surface area (Å²) in [6, 6.07) is 0.431. The van der Waals surface area contributed by atoms with Crippen LogP contribution in [-0.2, 0) is 16.7 Å². The average molecular weight is 364 g/mol. The molecule has 0 saturated heterocycles. The van der Waals surface area contributed by atoms with Gasteiger partial charge in [0.15, 0.2) is 11.8 Å². The standard InChI is InChI=1S/C19H33N5O2/c1-6-20-17(21-12-15-23-16(26-24-15)18(3,4)5)22-13-11-14(25-7-2)19(13)9-8-10-19/h13-14H,6-12H2,1-5H3,(H2,20,21,22). The molecule has 0 aliphatic heterocycles. The van der Waals surface area contributed by atoms with Crippen LogP contribution in [0.1, 0.15) is 72.0 Å². The van der Waals surface area contributed by atoms with E-state index in [0.29, 0.717) is 35.8 Å². The molecular formula is C19H33N5O2. The molecule has 2 aliphatic rings. The number of ether oxygens (including phenoxy) is 1. The maximum Gasteiger partial charge on any atom is 0.232 e. The van der Waals surface area contributed by atoms with Crippen LogP contribution in [0.2, 0.25) is 0 Å². The smallest absolute Gasteiger partial charge is 0.232 e. The first-order valence-electron chi connectivity index (χ1n) is 9.88. The van der Waals surface area contributed by atoms with Crippen molar-refractivity contribution >= 4 is 5.96 Å². The summed E-state index contributed by atoms with van der Waals surface area (Å²) in [6.45, 7) is 12.3. The van der Waals surface area contributed by atoms with Crippen molar-refractivity contribution in [2.75, 3.05) is 13.2 Å². The Labute approximate surface area is 156 Å². The Morgan fingerprint density at radius 1 is 1.35 bits per heavy atom. The van der Waals surface area contributed by atoms with Gasteiger partial charge >= 0.3 is 0 Å². The van der Waals surface area contributed by atoms with Gasteiger partial charge in [0.25, 0.3) is 0 Å². The SMILES string of the molecule is CCNC(=NCc1noc(C(C)(C)C)n1)NC1CC(OCC)C12CCC2. The molecule has 1 aromatic heterocycles. The van der Waals surface area contributed by atoms with E-state index in [-0.39, 0.29) is 5.41 Å². The number of aliphatic imine (C=N–C) groups is 1. The van der Waals surface area contributed by atoms with Crippen molar-refractivity contribution in [2.45, 2.75) is 84.4 Å². The quantitative estimate of drug-likeness (QED) is 0.597. The zero-order chi connectivity index (χ0) is 18.8. The number of aromatic nitrogens is 2. The number of hydrogen-bond acceptors (Lipinski definition) is 5. The second-order valence-corrected chi connectivity index (χ2v) is 8.42. The molecule has 2 fully saturated rings. The van der Waals surface area contributed by atoms with Crippen LogP contribution >= 0.6 is 0 Å². The first-order chi connectivity index (χ1) is 12.4. The average Bonchev–Trinajstić information content (AvgIpc) is 2.99. The van der Waals surface area contributed by atoms with Gasteiger partial charge in [0.1, 0.15) is 6.54 Å². The normalized spacial score (nSPS) is 24.9. The minimum Gasteiger partial charge on any atom is -0.378 e. The van der Waals surface area contributed by atoms with E-state index in [1.807, 2.05) is 0 Å². The molecule has 2 aliphatic carbocycles. The lowest BCUT2D eigenvalue weighted by molar-refractivity contribution is -0.168. The highest BCUT2D eigenvalue weighted by molar-refractivity contribution is 5.80. The molecule has 146 valence electrons. The Kier molecular flexibility index (Phi) is 5.55. The summed E-state index contributed by atoms with van der Waals surface area (Å²) in [7, 11) is 0. The van der Waals surface area contributed by atoms with E-state index in [9.17, 15) is 0 Å². The van der Waals surface area contributed by atoms with Crippen LogP contribution in [-0.4, -0.2) is 41.4 Å². The number of rotatable bonds is 6. The van der Waals surface area contributed by atoms with Crippen molar-refractivity contribution in [1.29, 1.82) is 0 Å². The molecule has 1 aromatic rings. The summed E-state index contributed by atoms with van der Waals surface area (Å²) in [6.07, 6.45) is 5.24. The molecule has 26 heavy (non-hydrogen) atoms. The highest BCUT2D eigenvalue weighted by Gasteiger charge is 2.59. The van der Waals surface area contributed by atoms with Gasteiger partial charge in [0.2, 0.25) is 5.89 Å². The van der Waals surface area contributed by atoms with E-state index in [2.05, 4.69) is 60.4 Å². The van der Waals surface area contributed by atoms with Gasteiger partial charge in [-0.15, -0.1) is 0 Å². The summed E-state index contributed by atoms with van der Waals surface area (Å²) in [5.74, 6) is 2.08. The van der Waals surface area contributed by atoms with E-state index in [1.165, 1.54) is 19.3 Å². The predicted molar refractivity (Wildman–Crippen MR) is 101 cm³/mol. The molecule has 2 atom stereocenters. The number of hydrogen-bond donors (Lipinski definition) is 2. The lowest BCUT2D eigenvalue weighted by atomic mass is 9.51. The van der Waals surface area contributed by atoms with E-state index in [0.717, 1.165) is 25.5 Å². The molecule has 2 unspecified atom stereocenters. The molecule has 0 bridgehead atoms. The van der Waals surface area contributed by atoms with Crippen molar-refractivity contribution in [1.82, 2.24) is 20.8 Å². The highest BCUT2D eigenvalue weighted by atomic mass is 16.5.